The average Bonchev–Trinajstić information content (AvgIpc) is 2.85. The van der Waals surface area contributed by atoms with Crippen LogP contribution in [-0.4, -0.2) is 23.5 Å². The van der Waals surface area contributed by atoms with Crippen molar-refractivity contribution >= 4 is 0 Å². The minimum atomic E-state index is 0.499. The third-order valence-corrected chi connectivity index (χ3v) is 4.11. The molecule has 0 radical (unpaired) electrons. The molecule has 2 aliphatic rings. The molecule has 2 heterocycles. The largest absolute Gasteiger partial charge is 0.294 e. The summed E-state index contributed by atoms with van der Waals surface area (Å²) in [4.78, 5) is 2.77. The molecule has 0 saturated carbocycles. The lowest BCUT2D eigenvalue weighted by Crippen LogP contribution is -2.19. The van der Waals surface area contributed by atoms with E-state index in [1.165, 1.54) is 51.5 Å². The fourth-order valence-corrected chi connectivity index (χ4v) is 3.39. The maximum Gasteiger partial charge on any atom is 0.0303 e. The van der Waals surface area contributed by atoms with E-state index >= 15 is 0 Å². The molecule has 0 aromatic carbocycles. The van der Waals surface area contributed by atoms with E-state index in [1.54, 1.807) is 0 Å². The molecule has 2 saturated heterocycles. The highest BCUT2D eigenvalue weighted by atomic mass is 15.4. The third-order valence-electron chi connectivity index (χ3n) is 4.11. The maximum absolute atomic E-state index is 2.77. The van der Waals surface area contributed by atoms with Crippen LogP contribution in [0.25, 0.3) is 0 Å². The van der Waals surface area contributed by atoms with Crippen molar-refractivity contribution in [2.75, 3.05) is 6.54 Å². The zero-order valence-corrected chi connectivity index (χ0v) is 10.8. The van der Waals surface area contributed by atoms with Gasteiger partial charge in [0, 0.05) is 12.1 Å². The van der Waals surface area contributed by atoms with Crippen molar-refractivity contribution in [1.29, 1.82) is 0 Å². The van der Waals surface area contributed by atoms with E-state index in [9.17, 15) is 0 Å². The zero-order chi connectivity index (χ0) is 10.9. The average molecular weight is 209 g/mol. The van der Waals surface area contributed by atoms with Gasteiger partial charge in [-0.1, -0.05) is 52.9 Å². The second-order valence-corrected chi connectivity index (χ2v) is 6.53. The molecule has 0 N–H and O–H groups in total. The predicted molar refractivity (Wildman–Crippen MR) is 66.1 cm³/mol. The standard InChI is InChI=1S/C14H27N/c1-14(2,3)13-12-10-8-6-4-5-7-9-11-15(12)13/h12-13H,4-11H2,1-3H3. The Bertz CT molecular complexity index is 188. The second kappa shape index (κ2) is 4.45. The lowest BCUT2D eigenvalue weighted by atomic mass is 9.89. The molecule has 0 aliphatic carbocycles. The van der Waals surface area contributed by atoms with Crippen molar-refractivity contribution in [2.45, 2.75) is 77.8 Å². The molecule has 15 heavy (non-hydrogen) atoms. The Morgan fingerprint density at radius 1 is 0.867 bits per heavy atom. The topological polar surface area (TPSA) is 3.01 Å². The van der Waals surface area contributed by atoms with E-state index in [-0.39, 0.29) is 0 Å². The number of rotatable bonds is 0. The summed E-state index contributed by atoms with van der Waals surface area (Å²) in [7, 11) is 0. The molecule has 3 atom stereocenters. The van der Waals surface area contributed by atoms with Gasteiger partial charge in [-0.3, -0.25) is 4.90 Å². The van der Waals surface area contributed by atoms with Crippen molar-refractivity contribution in [3.8, 4) is 0 Å². The minimum Gasteiger partial charge on any atom is -0.294 e. The molecule has 2 rings (SSSR count). The van der Waals surface area contributed by atoms with Crippen LogP contribution >= 0.6 is 0 Å². The van der Waals surface area contributed by atoms with Crippen molar-refractivity contribution < 1.29 is 0 Å². The molecular formula is C14H27N. The van der Waals surface area contributed by atoms with Crippen LogP contribution < -0.4 is 0 Å². The number of hydrogen-bond donors (Lipinski definition) is 0. The quantitative estimate of drug-likeness (QED) is 0.548. The summed E-state index contributed by atoms with van der Waals surface area (Å²) >= 11 is 0. The van der Waals surface area contributed by atoms with E-state index in [0.29, 0.717) is 5.41 Å². The van der Waals surface area contributed by atoms with Gasteiger partial charge in [-0.25, -0.2) is 0 Å². The monoisotopic (exact) mass is 209 g/mol. The maximum atomic E-state index is 2.77. The van der Waals surface area contributed by atoms with Gasteiger partial charge in [-0.15, -0.1) is 0 Å². The van der Waals surface area contributed by atoms with Crippen molar-refractivity contribution in [3.63, 3.8) is 0 Å². The summed E-state index contributed by atoms with van der Waals surface area (Å²) in [5.74, 6) is 0. The Kier molecular flexibility index (Phi) is 3.39. The molecule has 3 unspecified atom stereocenters. The van der Waals surface area contributed by atoms with Gasteiger partial charge in [0.1, 0.15) is 0 Å². The lowest BCUT2D eigenvalue weighted by molar-refractivity contribution is 0.322. The van der Waals surface area contributed by atoms with E-state index in [2.05, 4.69) is 25.7 Å². The van der Waals surface area contributed by atoms with Gasteiger partial charge in [0.05, 0.1) is 0 Å². The SMILES string of the molecule is CC(C)(C)C1C2CCCCCCCCN21. The van der Waals surface area contributed by atoms with Gasteiger partial charge in [-0.2, -0.15) is 0 Å². The fraction of sp³-hybridized carbons (Fsp3) is 1.00. The summed E-state index contributed by atoms with van der Waals surface area (Å²) in [5, 5.41) is 0. The first-order valence-corrected chi connectivity index (χ1v) is 6.86. The molecular weight excluding hydrogens is 182 g/mol. The van der Waals surface area contributed by atoms with Crippen LogP contribution in [0.4, 0.5) is 0 Å². The first-order chi connectivity index (χ1) is 7.11. The van der Waals surface area contributed by atoms with Crippen LogP contribution in [0, 0.1) is 5.41 Å². The Balaban J connectivity index is 1.90. The summed E-state index contributed by atoms with van der Waals surface area (Å²) in [5.41, 5.74) is 0.499. The molecule has 2 fully saturated rings. The fourth-order valence-electron chi connectivity index (χ4n) is 3.39. The molecule has 1 heteroatoms. The number of fused-ring (bicyclic) bond motifs is 1. The first kappa shape index (κ1) is 11.4. The molecule has 88 valence electrons. The van der Waals surface area contributed by atoms with Crippen LogP contribution in [0.2, 0.25) is 0 Å². The third kappa shape index (κ3) is 2.75. The molecule has 0 aromatic rings. The van der Waals surface area contributed by atoms with Crippen LogP contribution in [0.3, 0.4) is 0 Å². The summed E-state index contributed by atoms with van der Waals surface area (Å²) < 4.78 is 0. The number of nitrogens with zero attached hydrogens (tertiary/aromatic N) is 1. The summed E-state index contributed by atoms with van der Waals surface area (Å²) in [6, 6.07) is 1.82. The van der Waals surface area contributed by atoms with Gasteiger partial charge in [0.2, 0.25) is 0 Å². The molecule has 0 bridgehead atoms. The van der Waals surface area contributed by atoms with Crippen molar-refractivity contribution in [1.82, 2.24) is 4.90 Å². The second-order valence-electron chi connectivity index (χ2n) is 6.53. The van der Waals surface area contributed by atoms with Gasteiger partial charge in [0.25, 0.3) is 0 Å². The van der Waals surface area contributed by atoms with Crippen molar-refractivity contribution in [3.05, 3.63) is 0 Å². The van der Waals surface area contributed by atoms with Gasteiger partial charge in [0.15, 0.2) is 0 Å². The van der Waals surface area contributed by atoms with E-state index in [4.69, 9.17) is 0 Å². The van der Waals surface area contributed by atoms with Crippen LogP contribution in [-0.2, 0) is 0 Å². The molecule has 0 amide bonds. The van der Waals surface area contributed by atoms with E-state index in [1.807, 2.05) is 0 Å². The van der Waals surface area contributed by atoms with Crippen molar-refractivity contribution in [2.24, 2.45) is 5.41 Å². The van der Waals surface area contributed by atoms with Crippen LogP contribution in [0.5, 0.6) is 0 Å². The Hall–Kier alpha value is -0.0400. The highest BCUT2D eigenvalue weighted by Crippen LogP contribution is 2.44. The molecule has 1 nitrogen and oxygen atoms in total. The smallest absolute Gasteiger partial charge is 0.0303 e. The van der Waals surface area contributed by atoms with Gasteiger partial charge < -0.3 is 0 Å². The first-order valence-electron chi connectivity index (χ1n) is 6.86. The summed E-state index contributed by atoms with van der Waals surface area (Å²) in [6.07, 6.45) is 10.2. The summed E-state index contributed by atoms with van der Waals surface area (Å²) in [6.45, 7) is 8.59. The van der Waals surface area contributed by atoms with Gasteiger partial charge >= 0.3 is 0 Å². The zero-order valence-electron chi connectivity index (χ0n) is 10.8. The van der Waals surface area contributed by atoms with Crippen LogP contribution in [0.15, 0.2) is 0 Å². The lowest BCUT2D eigenvalue weighted by Gasteiger charge is -2.18. The Morgan fingerprint density at radius 3 is 2.13 bits per heavy atom. The van der Waals surface area contributed by atoms with E-state index in [0.717, 1.165) is 12.1 Å². The van der Waals surface area contributed by atoms with Gasteiger partial charge in [-0.05, 0) is 24.8 Å². The molecule has 0 aromatic heterocycles. The minimum absolute atomic E-state index is 0.499. The molecule has 2 aliphatic heterocycles. The predicted octanol–water partition coefficient (Wildman–Crippen LogP) is 3.83. The Labute approximate surface area is 95.2 Å². The number of hydrogen-bond acceptors (Lipinski definition) is 1. The highest BCUT2D eigenvalue weighted by molar-refractivity contribution is 5.07. The highest BCUT2D eigenvalue weighted by Gasteiger charge is 2.52. The normalized spacial score (nSPS) is 38.2. The van der Waals surface area contributed by atoms with Crippen LogP contribution in [0.1, 0.15) is 65.7 Å². The molecule has 0 spiro atoms. The van der Waals surface area contributed by atoms with E-state index < -0.39 is 0 Å². The Morgan fingerprint density at radius 2 is 1.47 bits per heavy atom.